The van der Waals surface area contributed by atoms with Crippen molar-refractivity contribution in [3.63, 3.8) is 0 Å². The maximum absolute atomic E-state index is 13.0. The van der Waals surface area contributed by atoms with Crippen LogP contribution in [0.15, 0.2) is 30.5 Å². The molecule has 2 rings (SSSR count). The Kier molecular flexibility index (Phi) is 5.36. The highest BCUT2D eigenvalue weighted by Gasteiger charge is 2.33. The number of benzene rings is 1. The normalized spacial score (nSPS) is 11.3. The summed E-state index contributed by atoms with van der Waals surface area (Å²) in [6, 6.07) is 5.19. The topological polar surface area (TPSA) is 53.9 Å². The summed E-state index contributed by atoms with van der Waals surface area (Å²) in [7, 11) is 1.85. The first-order valence-electron chi connectivity index (χ1n) is 7.26. The third-order valence-corrected chi connectivity index (χ3v) is 3.26. The molecule has 5 nitrogen and oxygen atoms in total. The van der Waals surface area contributed by atoms with E-state index in [2.05, 4.69) is 27.4 Å². The highest BCUT2D eigenvalue weighted by Crippen LogP contribution is 2.35. The molecule has 0 saturated heterocycles. The minimum absolute atomic E-state index is 0.0301. The summed E-state index contributed by atoms with van der Waals surface area (Å²) in [5.41, 5.74) is -0.872. The van der Waals surface area contributed by atoms with E-state index in [1.807, 2.05) is 11.9 Å². The van der Waals surface area contributed by atoms with Crippen LogP contribution >= 0.6 is 0 Å². The van der Waals surface area contributed by atoms with Gasteiger partial charge in [-0.2, -0.15) is 23.3 Å². The second kappa shape index (κ2) is 7.26. The van der Waals surface area contributed by atoms with Gasteiger partial charge in [-0.3, -0.25) is 0 Å². The largest absolute Gasteiger partial charge is 0.418 e. The number of nitrogens with zero attached hydrogens (tertiary/aromatic N) is 4. The molecule has 0 spiro atoms. The van der Waals surface area contributed by atoms with Crippen LogP contribution in [0.4, 0.5) is 30.6 Å². The van der Waals surface area contributed by atoms with Crippen LogP contribution in [-0.4, -0.2) is 28.8 Å². The van der Waals surface area contributed by atoms with Crippen LogP contribution in [0.25, 0.3) is 0 Å². The Hall–Kier alpha value is -2.38. The fraction of sp³-hybridized carbons (Fsp3) is 0.400. The molecule has 0 aliphatic carbocycles. The van der Waals surface area contributed by atoms with Crippen LogP contribution in [0.5, 0.6) is 0 Å². The average Bonchev–Trinajstić information content (AvgIpc) is 2.52. The first-order chi connectivity index (χ1) is 10.9. The van der Waals surface area contributed by atoms with E-state index >= 15 is 0 Å². The summed E-state index contributed by atoms with van der Waals surface area (Å²) in [6.07, 6.45) is -0.948. The molecule has 0 atom stereocenters. The minimum atomic E-state index is -4.45. The Bertz CT molecular complexity index is 645. The van der Waals surface area contributed by atoms with Crippen molar-refractivity contribution in [2.24, 2.45) is 0 Å². The van der Waals surface area contributed by atoms with E-state index in [9.17, 15) is 13.2 Å². The van der Waals surface area contributed by atoms with Gasteiger partial charge in [-0.15, -0.1) is 5.10 Å². The van der Waals surface area contributed by atoms with Crippen molar-refractivity contribution >= 4 is 17.5 Å². The minimum Gasteiger partial charge on any atom is -0.358 e. The summed E-state index contributed by atoms with van der Waals surface area (Å²) in [6.45, 7) is 2.86. The van der Waals surface area contributed by atoms with Crippen molar-refractivity contribution in [2.45, 2.75) is 25.9 Å². The van der Waals surface area contributed by atoms with Crippen molar-refractivity contribution in [2.75, 3.05) is 23.8 Å². The first kappa shape index (κ1) is 17.0. The molecule has 23 heavy (non-hydrogen) atoms. The highest BCUT2D eigenvalue weighted by molar-refractivity contribution is 5.60. The van der Waals surface area contributed by atoms with Gasteiger partial charge in [0.15, 0.2) is 5.82 Å². The van der Waals surface area contributed by atoms with Gasteiger partial charge in [0, 0.05) is 13.6 Å². The number of aromatic nitrogens is 3. The second-order valence-corrected chi connectivity index (χ2v) is 5.08. The maximum Gasteiger partial charge on any atom is 0.418 e. The third-order valence-electron chi connectivity index (χ3n) is 3.26. The van der Waals surface area contributed by atoms with Crippen molar-refractivity contribution in [1.29, 1.82) is 0 Å². The average molecular weight is 325 g/mol. The van der Waals surface area contributed by atoms with E-state index in [1.165, 1.54) is 24.4 Å². The Morgan fingerprint density at radius 1 is 1.22 bits per heavy atom. The molecule has 8 heteroatoms. The Morgan fingerprint density at radius 2 is 1.96 bits per heavy atom. The monoisotopic (exact) mass is 325 g/mol. The van der Waals surface area contributed by atoms with Crippen LogP contribution in [0, 0.1) is 0 Å². The maximum atomic E-state index is 13.0. The van der Waals surface area contributed by atoms with Gasteiger partial charge < -0.3 is 10.2 Å². The molecule has 2 aromatic rings. The molecule has 1 heterocycles. The summed E-state index contributed by atoms with van der Waals surface area (Å²) >= 11 is 0. The molecule has 124 valence electrons. The lowest BCUT2D eigenvalue weighted by Gasteiger charge is -2.18. The standard InChI is InChI=1S/C15H18F3N5/c1-3-4-9-23(2)13-10-19-22-14(21-13)20-12-8-6-5-7-11(12)15(16,17)18/h5-8,10H,3-4,9H2,1-2H3,(H,20,21,22). The molecule has 0 aliphatic heterocycles. The number of hydrogen-bond acceptors (Lipinski definition) is 5. The van der Waals surface area contributed by atoms with Gasteiger partial charge in [-0.05, 0) is 18.6 Å². The lowest BCUT2D eigenvalue weighted by atomic mass is 10.1. The molecule has 1 N–H and O–H groups in total. The summed E-state index contributed by atoms with van der Waals surface area (Å²) in [4.78, 5) is 6.11. The van der Waals surface area contributed by atoms with Gasteiger partial charge in [0.05, 0.1) is 17.4 Å². The molecule has 0 amide bonds. The van der Waals surface area contributed by atoms with Crippen LogP contribution in [-0.2, 0) is 6.18 Å². The SMILES string of the molecule is CCCCN(C)c1cnnc(Nc2ccccc2C(F)(F)F)n1. The number of hydrogen-bond donors (Lipinski definition) is 1. The molecule has 0 radical (unpaired) electrons. The third kappa shape index (κ3) is 4.54. The van der Waals surface area contributed by atoms with Crippen molar-refractivity contribution in [3.05, 3.63) is 36.0 Å². The molecule has 0 saturated carbocycles. The summed E-state index contributed by atoms with van der Waals surface area (Å²) in [5, 5.41) is 10.2. The molecule has 1 aromatic carbocycles. The van der Waals surface area contributed by atoms with E-state index in [-0.39, 0.29) is 11.6 Å². The number of anilines is 3. The van der Waals surface area contributed by atoms with Gasteiger partial charge in [0.25, 0.3) is 0 Å². The van der Waals surface area contributed by atoms with Crippen LogP contribution in [0.1, 0.15) is 25.3 Å². The van der Waals surface area contributed by atoms with E-state index in [0.717, 1.165) is 25.5 Å². The number of unbranched alkanes of at least 4 members (excludes halogenated alkanes) is 1. The predicted octanol–water partition coefficient (Wildman–Crippen LogP) is 3.87. The zero-order chi connectivity index (χ0) is 16.9. The zero-order valence-corrected chi connectivity index (χ0v) is 12.9. The quantitative estimate of drug-likeness (QED) is 0.874. The van der Waals surface area contributed by atoms with Crippen molar-refractivity contribution in [1.82, 2.24) is 15.2 Å². The van der Waals surface area contributed by atoms with Crippen LogP contribution in [0.3, 0.4) is 0 Å². The Balaban J connectivity index is 2.22. The van der Waals surface area contributed by atoms with Crippen molar-refractivity contribution in [3.8, 4) is 0 Å². The highest BCUT2D eigenvalue weighted by atomic mass is 19.4. The smallest absolute Gasteiger partial charge is 0.358 e. The fourth-order valence-electron chi connectivity index (χ4n) is 2.00. The Labute approximate surface area is 132 Å². The molecule has 1 aromatic heterocycles. The molecular formula is C15H18F3N5. The molecule has 0 fully saturated rings. The molecule has 0 aliphatic rings. The summed E-state index contributed by atoms with van der Waals surface area (Å²) < 4.78 is 39.0. The number of nitrogens with one attached hydrogen (secondary N) is 1. The number of alkyl halides is 3. The molecule has 0 bridgehead atoms. The van der Waals surface area contributed by atoms with Gasteiger partial charge in [0.1, 0.15) is 0 Å². The lowest BCUT2D eigenvalue weighted by molar-refractivity contribution is -0.136. The number of para-hydroxylation sites is 1. The van der Waals surface area contributed by atoms with Crippen LogP contribution < -0.4 is 10.2 Å². The van der Waals surface area contributed by atoms with Gasteiger partial charge >= 0.3 is 6.18 Å². The first-order valence-corrected chi connectivity index (χ1v) is 7.26. The number of rotatable bonds is 6. The van der Waals surface area contributed by atoms with Crippen LogP contribution in [0.2, 0.25) is 0 Å². The fourth-order valence-corrected chi connectivity index (χ4v) is 2.00. The lowest BCUT2D eigenvalue weighted by Crippen LogP contribution is -2.20. The van der Waals surface area contributed by atoms with Crippen molar-refractivity contribution < 1.29 is 13.2 Å². The molecular weight excluding hydrogens is 307 g/mol. The second-order valence-electron chi connectivity index (χ2n) is 5.08. The van der Waals surface area contributed by atoms with Gasteiger partial charge in [-0.25, -0.2) is 0 Å². The number of halogens is 3. The Morgan fingerprint density at radius 3 is 2.65 bits per heavy atom. The predicted molar refractivity (Wildman–Crippen MR) is 82.7 cm³/mol. The van der Waals surface area contributed by atoms with Gasteiger partial charge in [0.2, 0.25) is 5.95 Å². The van der Waals surface area contributed by atoms with Gasteiger partial charge in [-0.1, -0.05) is 25.5 Å². The van der Waals surface area contributed by atoms with E-state index in [1.54, 1.807) is 0 Å². The zero-order valence-electron chi connectivity index (χ0n) is 12.9. The molecule has 0 unspecified atom stereocenters. The van der Waals surface area contributed by atoms with E-state index in [0.29, 0.717) is 5.82 Å². The van der Waals surface area contributed by atoms with E-state index in [4.69, 9.17) is 0 Å². The van der Waals surface area contributed by atoms with E-state index < -0.39 is 11.7 Å². The summed E-state index contributed by atoms with van der Waals surface area (Å²) in [5.74, 6) is 0.586.